The number of hydrogen-bond donors (Lipinski definition) is 2. The highest BCUT2D eigenvalue weighted by atomic mass is 32.2. The van der Waals surface area contributed by atoms with E-state index < -0.39 is 15.4 Å². The van der Waals surface area contributed by atoms with Crippen LogP contribution in [0.5, 0.6) is 0 Å². The largest absolute Gasteiger partial charge is 0.348 e. The highest BCUT2D eigenvalue weighted by Gasteiger charge is 2.39. The third kappa shape index (κ3) is 4.50. The highest BCUT2D eigenvalue weighted by Crippen LogP contribution is 2.22. The fourth-order valence-electron chi connectivity index (χ4n) is 2.38. The van der Waals surface area contributed by atoms with Crippen molar-refractivity contribution in [1.29, 1.82) is 0 Å². The molecular formula is C12H21N5O3S. The molecular weight excluding hydrogens is 294 g/mol. The summed E-state index contributed by atoms with van der Waals surface area (Å²) >= 11 is 0. The summed E-state index contributed by atoms with van der Waals surface area (Å²) in [5.74, 6) is -0.135. The standard InChI is InChI=1S/C12H21N5O3S/c1-3-13-6-10-7-17(16-15-10)8-11(18)14-12(2)4-5-21(19,20)9-12/h7,13H,3-6,8-9H2,1-2H3,(H,14,18). The molecule has 1 amide bonds. The van der Waals surface area contributed by atoms with Crippen LogP contribution in [-0.4, -0.2) is 52.9 Å². The van der Waals surface area contributed by atoms with Crippen molar-refractivity contribution in [3.05, 3.63) is 11.9 Å². The Labute approximate surface area is 124 Å². The van der Waals surface area contributed by atoms with Gasteiger partial charge in [0.25, 0.3) is 0 Å². The average Bonchev–Trinajstić information content (AvgIpc) is 2.91. The topological polar surface area (TPSA) is 106 Å². The molecule has 0 saturated carbocycles. The molecule has 0 bridgehead atoms. The van der Waals surface area contributed by atoms with Gasteiger partial charge < -0.3 is 10.6 Å². The minimum Gasteiger partial charge on any atom is -0.348 e. The van der Waals surface area contributed by atoms with Gasteiger partial charge in [-0.25, -0.2) is 13.1 Å². The lowest BCUT2D eigenvalue weighted by Crippen LogP contribution is -2.48. The van der Waals surface area contributed by atoms with Crippen LogP contribution >= 0.6 is 0 Å². The maximum atomic E-state index is 12.0. The summed E-state index contributed by atoms with van der Waals surface area (Å²) < 4.78 is 24.5. The van der Waals surface area contributed by atoms with Crippen molar-refractivity contribution < 1.29 is 13.2 Å². The predicted molar refractivity (Wildman–Crippen MR) is 77.2 cm³/mol. The van der Waals surface area contributed by atoms with Crippen molar-refractivity contribution in [3.8, 4) is 0 Å². The Morgan fingerprint density at radius 3 is 2.90 bits per heavy atom. The smallest absolute Gasteiger partial charge is 0.242 e. The first-order valence-corrected chi connectivity index (χ1v) is 8.75. The van der Waals surface area contributed by atoms with Crippen LogP contribution in [0.4, 0.5) is 0 Å². The number of carbonyl (C=O) groups excluding carboxylic acids is 1. The lowest BCUT2D eigenvalue weighted by molar-refractivity contribution is -0.123. The van der Waals surface area contributed by atoms with Crippen LogP contribution in [0.25, 0.3) is 0 Å². The van der Waals surface area contributed by atoms with Crippen LogP contribution in [0.3, 0.4) is 0 Å². The molecule has 1 aliphatic heterocycles. The molecule has 2 N–H and O–H groups in total. The number of sulfone groups is 1. The van der Waals surface area contributed by atoms with E-state index in [0.29, 0.717) is 13.0 Å². The van der Waals surface area contributed by atoms with Crippen LogP contribution in [0.15, 0.2) is 6.20 Å². The number of amides is 1. The second-order valence-corrected chi connectivity index (χ2v) is 7.82. The Morgan fingerprint density at radius 1 is 1.52 bits per heavy atom. The van der Waals surface area contributed by atoms with Crippen molar-refractivity contribution in [2.45, 2.75) is 38.9 Å². The Bertz CT molecular complexity index is 612. The molecule has 21 heavy (non-hydrogen) atoms. The lowest BCUT2D eigenvalue weighted by atomic mass is 10.0. The van der Waals surface area contributed by atoms with E-state index in [1.807, 2.05) is 6.92 Å². The third-order valence-corrected chi connectivity index (χ3v) is 5.30. The zero-order chi connectivity index (χ0) is 15.5. The van der Waals surface area contributed by atoms with Crippen molar-refractivity contribution in [2.75, 3.05) is 18.1 Å². The van der Waals surface area contributed by atoms with Gasteiger partial charge in [0.1, 0.15) is 6.54 Å². The van der Waals surface area contributed by atoms with Gasteiger partial charge in [0, 0.05) is 6.54 Å². The molecule has 0 radical (unpaired) electrons. The first kappa shape index (κ1) is 15.9. The summed E-state index contributed by atoms with van der Waals surface area (Å²) in [6.07, 6.45) is 2.15. The molecule has 2 heterocycles. The van der Waals surface area contributed by atoms with Gasteiger partial charge in [0.05, 0.1) is 28.9 Å². The molecule has 1 fully saturated rings. The van der Waals surface area contributed by atoms with Gasteiger partial charge in [0.2, 0.25) is 5.91 Å². The van der Waals surface area contributed by atoms with Crippen molar-refractivity contribution in [3.63, 3.8) is 0 Å². The number of hydrogen-bond acceptors (Lipinski definition) is 6. The molecule has 8 nitrogen and oxygen atoms in total. The van der Waals surface area contributed by atoms with Crippen LogP contribution in [0.2, 0.25) is 0 Å². The molecule has 1 unspecified atom stereocenters. The molecule has 0 spiro atoms. The number of carbonyl (C=O) groups is 1. The zero-order valence-electron chi connectivity index (χ0n) is 12.3. The van der Waals surface area contributed by atoms with Gasteiger partial charge in [-0.1, -0.05) is 12.1 Å². The predicted octanol–water partition coefficient (Wildman–Crippen LogP) is -0.919. The molecule has 0 aliphatic carbocycles. The normalized spacial score (nSPS) is 24.1. The van der Waals surface area contributed by atoms with E-state index in [2.05, 4.69) is 20.9 Å². The first-order valence-electron chi connectivity index (χ1n) is 6.93. The van der Waals surface area contributed by atoms with Gasteiger partial charge in [-0.15, -0.1) is 5.10 Å². The van der Waals surface area contributed by atoms with Crippen molar-refractivity contribution in [1.82, 2.24) is 25.6 Å². The Morgan fingerprint density at radius 2 is 2.29 bits per heavy atom. The van der Waals surface area contributed by atoms with E-state index >= 15 is 0 Å². The second-order valence-electron chi connectivity index (χ2n) is 5.64. The maximum Gasteiger partial charge on any atom is 0.242 e. The average molecular weight is 315 g/mol. The number of nitrogens with one attached hydrogen (secondary N) is 2. The van der Waals surface area contributed by atoms with E-state index in [1.165, 1.54) is 4.68 Å². The van der Waals surface area contributed by atoms with Crippen molar-refractivity contribution >= 4 is 15.7 Å². The number of nitrogens with zero attached hydrogens (tertiary/aromatic N) is 3. The van der Waals surface area contributed by atoms with Gasteiger partial charge in [-0.2, -0.15) is 0 Å². The Hall–Kier alpha value is -1.48. The van der Waals surface area contributed by atoms with Gasteiger partial charge in [0.15, 0.2) is 9.84 Å². The molecule has 1 aliphatic rings. The summed E-state index contributed by atoms with van der Waals surface area (Å²) in [7, 11) is -3.04. The zero-order valence-corrected chi connectivity index (χ0v) is 13.1. The van der Waals surface area contributed by atoms with E-state index in [9.17, 15) is 13.2 Å². The fourth-order valence-corrected chi connectivity index (χ4v) is 4.48. The van der Waals surface area contributed by atoms with Crippen LogP contribution in [-0.2, 0) is 27.7 Å². The van der Waals surface area contributed by atoms with E-state index in [0.717, 1.165) is 12.2 Å². The first-order chi connectivity index (χ1) is 9.82. The summed E-state index contributed by atoms with van der Waals surface area (Å²) in [6, 6.07) is 0. The van der Waals surface area contributed by atoms with Gasteiger partial charge in [-0.3, -0.25) is 4.79 Å². The SMILES string of the molecule is CCNCc1cn(CC(=O)NC2(C)CCS(=O)(=O)C2)nn1. The van der Waals surface area contributed by atoms with Crippen molar-refractivity contribution in [2.24, 2.45) is 0 Å². The minimum absolute atomic E-state index is 0.00519. The highest BCUT2D eigenvalue weighted by molar-refractivity contribution is 7.91. The van der Waals surface area contributed by atoms with Gasteiger partial charge in [-0.05, 0) is 19.9 Å². The molecule has 1 saturated heterocycles. The summed E-state index contributed by atoms with van der Waals surface area (Å²) in [6.45, 7) is 5.23. The van der Waals surface area contributed by atoms with Crippen LogP contribution < -0.4 is 10.6 Å². The number of rotatable bonds is 6. The van der Waals surface area contributed by atoms with E-state index in [-0.39, 0.29) is 24.0 Å². The van der Waals surface area contributed by atoms with Gasteiger partial charge >= 0.3 is 0 Å². The van der Waals surface area contributed by atoms with Crippen LogP contribution in [0.1, 0.15) is 26.0 Å². The van der Waals surface area contributed by atoms with E-state index in [4.69, 9.17) is 0 Å². The molecule has 118 valence electrons. The summed E-state index contributed by atoms with van der Waals surface area (Å²) in [5.41, 5.74) is 0.0858. The Kier molecular flexibility index (Phi) is 4.62. The molecule has 1 aromatic rings. The second kappa shape index (κ2) is 6.10. The molecule has 0 aromatic carbocycles. The molecule has 2 rings (SSSR count). The molecule has 9 heteroatoms. The van der Waals surface area contributed by atoms with Crippen LogP contribution in [0, 0.1) is 0 Å². The maximum absolute atomic E-state index is 12.0. The summed E-state index contributed by atoms with van der Waals surface area (Å²) in [5, 5.41) is 13.7. The monoisotopic (exact) mass is 315 g/mol. The molecule has 1 atom stereocenters. The fraction of sp³-hybridized carbons (Fsp3) is 0.750. The third-order valence-electron chi connectivity index (χ3n) is 3.39. The Balaban J connectivity index is 1.89. The summed E-state index contributed by atoms with van der Waals surface area (Å²) in [4.78, 5) is 12.0. The minimum atomic E-state index is -3.04. The lowest BCUT2D eigenvalue weighted by Gasteiger charge is -2.23. The molecule has 1 aromatic heterocycles. The quantitative estimate of drug-likeness (QED) is 0.703. The van der Waals surface area contributed by atoms with E-state index in [1.54, 1.807) is 13.1 Å². The number of aromatic nitrogens is 3.